The molecule has 2 aliphatic heterocycles. The van der Waals surface area contributed by atoms with E-state index in [0.29, 0.717) is 16.9 Å². The van der Waals surface area contributed by atoms with Gasteiger partial charge in [0, 0.05) is 23.8 Å². The van der Waals surface area contributed by atoms with Gasteiger partial charge in [-0.2, -0.15) is 0 Å². The lowest BCUT2D eigenvalue weighted by molar-refractivity contribution is -0.301. The molecular formula is C15H18NO5S-. The molecule has 0 aromatic carbocycles. The van der Waals surface area contributed by atoms with Crippen LogP contribution < -0.4 is 5.11 Å². The van der Waals surface area contributed by atoms with Crippen LogP contribution >= 0.6 is 11.8 Å². The lowest BCUT2D eigenvalue weighted by atomic mass is 9.89. The largest absolute Gasteiger partial charge is 0.543 e. The van der Waals surface area contributed by atoms with Crippen molar-refractivity contribution in [2.24, 2.45) is 5.41 Å². The van der Waals surface area contributed by atoms with E-state index in [4.69, 9.17) is 4.74 Å². The minimum Gasteiger partial charge on any atom is -0.543 e. The minimum atomic E-state index is -1.42. The van der Waals surface area contributed by atoms with Gasteiger partial charge in [-0.1, -0.05) is 26.8 Å². The van der Waals surface area contributed by atoms with E-state index in [9.17, 15) is 19.5 Å². The van der Waals surface area contributed by atoms with Crippen molar-refractivity contribution in [1.29, 1.82) is 0 Å². The number of fused-ring (bicyclic) bond motifs is 1. The topological polar surface area (TPSA) is 86.7 Å². The molecule has 1 fully saturated rings. The first kappa shape index (κ1) is 16.6. The maximum Gasteiger partial charge on any atom is 0.302 e. The molecule has 0 saturated carbocycles. The summed E-state index contributed by atoms with van der Waals surface area (Å²) >= 11 is 1.44. The molecule has 0 bridgehead atoms. The molecular weight excluding hydrogens is 306 g/mol. The summed E-state index contributed by atoms with van der Waals surface area (Å²) in [5, 5.41) is 11.1. The fraction of sp³-hybridized carbons (Fsp3) is 0.533. The summed E-state index contributed by atoms with van der Waals surface area (Å²) in [7, 11) is 0. The van der Waals surface area contributed by atoms with E-state index in [1.807, 2.05) is 26.8 Å². The van der Waals surface area contributed by atoms with Gasteiger partial charge < -0.3 is 14.6 Å². The van der Waals surface area contributed by atoms with Gasteiger partial charge in [0.05, 0.1) is 11.7 Å². The van der Waals surface area contributed by atoms with Gasteiger partial charge >= 0.3 is 5.97 Å². The van der Waals surface area contributed by atoms with Crippen LogP contribution in [0.25, 0.3) is 0 Å². The average Bonchev–Trinajstić information content (AvgIpc) is 2.40. The van der Waals surface area contributed by atoms with Crippen molar-refractivity contribution in [2.75, 3.05) is 12.4 Å². The number of hydrogen-bond acceptors (Lipinski definition) is 6. The van der Waals surface area contributed by atoms with Gasteiger partial charge in [-0.3, -0.25) is 14.5 Å². The van der Waals surface area contributed by atoms with E-state index in [1.54, 1.807) is 0 Å². The smallest absolute Gasteiger partial charge is 0.302 e. The van der Waals surface area contributed by atoms with Crippen molar-refractivity contribution >= 4 is 29.6 Å². The quantitative estimate of drug-likeness (QED) is 0.425. The first-order chi connectivity index (χ1) is 10.1. The number of aliphatic carboxylic acids is 1. The number of carbonyl (C=O) groups is 3. The van der Waals surface area contributed by atoms with E-state index in [2.05, 4.69) is 0 Å². The number of β-lactam (4-membered cyclic amide) rings is 1. The molecule has 1 amide bonds. The molecule has 6 nitrogen and oxygen atoms in total. The highest BCUT2D eigenvalue weighted by Crippen LogP contribution is 2.44. The van der Waals surface area contributed by atoms with Crippen LogP contribution in [0.1, 0.15) is 27.7 Å². The number of carbonyl (C=O) groups excluding carboxylic acids is 3. The third-order valence-corrected chi connectivity index (χ3v) is 4.48. The fourth-order valence-electron chi connectivity index (χ4n) is 2.37. The van der Waals surface area contributed by atoms with Crippen LogP contribution in [-0.4, -0.2) is 40.5 Å². The molecule has 0 aromatic heterocycles. The Labute approximate surface area is 133 Å². The van der Waals surface area contributed by atoms with Gasteiger partial charge in [-0.05, 0) is 5.41 Å². The predicted octanol–water partition coefficient (Wildman–Crippen LogP) is 0.441. The summed E-state index contributed by atoms with van der Waals surface area (Å²) < 4.78 is 4.86. The molecule has 1 atom stereocenters. The summed E-state index contributed by atoms with van der Waals surface area (Å²) in [6.07, 6.45) is 1.87. The van der Waals surface area contributed by atoms with Gasteiger partial charge in [0.25, 0.3) is 5.91 Å². The van der Waals surface area contributed by atoms with Gasteiger partial charge in [-0.25, -0.2) is 0 Å². The second-order valence-electron chi connectivity index (χ2n) is 6.32. The van der Waals surface area contributed by atoms with E-state index in [0.717, 1.165) is 0 Å². The average molecular weight is 324 g/mol. The summed E-state index contributed by atoms with van der Waals surface area (Å²) in [6, 6.07) is 0. The highest BCUT2D eigenvalue weighted by atomic mass is 32.2. The van der Waals surface area contributed by atoms with Crippen LogP contribution in [0.3, 0.4) is 0 Å². The number of ether oxygens (including phenoxy) is 1. The lowest BCUT2D eigenvalue weighted by Gasteiger charge is -2.48. The van der Waals surface area contributed by atoms with Crippen molar-refractivity contribution in [1.82, 2.24) is 4.90 Å². The number of carboxylic acids is 1. The van der Waals surface area contributed by atoms with Crippen LogP contribution in [0.15, 0.2) is 22.9 Å². The third kappa shape index (κ3) is 3.19. The number of carboxylic acid groups (broad SMARTS) is 1. The maximum atomic E-state index is 12.3. The normalized spacial score (nSPS) is 23.3. The Balaban J connectivity index is 2.31. The van der Waals surface area contributed by atoms with E-state index < -0.39 is 11.9 Å². The number of esters is 1. The molecule has 2 heterocycles. The van der Waals surface area contributed by atoms with Gasteiger partial charge in [0.1, 0.15) is 12.0 Å². The van der Waals surface area contributed by atoms with Crippen molar-refractivity contribution in [3.8, 4) is 0 Å². The van der Waals surface area contributed by atoms with Crippen LogP contribution in [0.4, 0.5) is 0 Å². The molecule has 22 heavy (non-hydrogen) atoms. The number of thioether (sulfide) groups is 1. The lowest BCUT2D eigenvalue weighted by Crippen LogP contribution is -2.58. The molecule has 0 spiro atoms. The second-order valence-corrected chi connectivity index (χ2v) is 7.39. The first-order valence-corrected chi connectivity index (χ1v) is 7.91. The second kappa shape index (κ2) is 5.79. The predicted molar refractivity (Wildman–Crippen MR) is 79.3 cm³/mol. The molecule has 0 unspecified atom stereocenters. The Kier molecular flexibility index (Phi) is 4.37. The third-order valence-electron chi connectivity index (χ3n) is 3.19. The zero-order valence-electron chi connectivity index (χ0n) is 13.0. The number of nitrogens with zero attached hydrogens (tertiary/aromatic N) is 1. The molecule has 0 radical (unpaired) electrons. The van der Waals surface area contributed by atoms with Crippen molar-refractivity contribution in [3.63, 3.8) is 0 Å². The number of rotatable bonds is 3. The molecule has 1 saturated heterocycles. The van der Waals surface area contributed by atoms with Crippen molar-refractivity contribution in [2.45, 2.75) is 33.1 Å². The Morgan fingerprint density at radius 2 is 2.09 bits per heavy atom. The van der Waals surface area contributed by atoms with Gasteiger partial charge in [-0.15, -0.1) is 11.8 Å². The molecule has 0 N–H and O–H groups in total. The van der Waals surface area contributed by atoms with Gasteiger partial charge in [0.2, 0.25) is 0 Å². The van der Waals surface area contributed by atoms with Crippen LogP contribution in [0.2, 0.25) is 0 Å². The fourth-order valence-corrected chi connectivity index (χ4v) is 3.64. The zero-order chi connectivity index (χ0) is 16.7. The minimum absolute atomic E-state index is 0.138. The monoisotopic (exact) mass is 324 g/mol. The number of amides is 1. The standard InChI is InChI=1S/C15H19NO5S/c1-8(17)21-6-9-7-22-13-10(5-15(2,3)4)12(18)16(13)11(9)14(19)20/h5,13H,6-7H2,1-4H3,(H,19,20)/p-1/b10-5-/t13-/m1/s1. The Hall–Kier alpha value is -1.76. The molecule has 0 aliphatic carbocycles. The van der Waals surface area contributed by atoms with Crippen molar-refractivity contribution in [3.05, 3.63) is 22.9 Å². The van der Waals surface area contributed by atoms with E-state index >= 15 is 0 Å². The Morgan fingerprint density at radius 3 is 2.59 bits per heavy atom. The van der Waals surface area contributed by atoms with Gasteiger partial charge in [0.15, 0.2) is 0 Å². The molecule has 2 rings (SSSR count). The Morgan fingerprint density at radius 1 is 1.45 bits per heavy atom. The van der Waals surface area contributed by atoms with Crippen LogP contribution in [-0.2, 0) is 19.1 Å². The molecule has 7 heteroatoms. The highest BCUT2D eigenvalue weighted by Gasteiger charge is 2.48. The SMILES string of the molecule is CC(=O)OCC1=C(C(=O)[O-])N2C(=O)/C(=C/C(C)(C)C)[C@H]2SC1. The summed E-state index contributed by atoms with van der Waals surface area (Å²) in [5.74, 6) is -1.87. The molecule has 2 aliphatic rings. The van der Waals surface area contributed by atoms with Crippen LogP contribution in [0.5, 0.6) is 0 Å². The first-order valence-electron chi connectivity index (χ1n) is 6.86. The van der Waals surface area contributed by atoms with Crippen LogP contribution in [0, 0.1) is 5.41 Å². The van der Waals surface area contributed by atoms with Crippen molar-refractivity contribution < 1.29 is 24.2 Å². The Bertz CT molecular complexity index is 600. The highest BCUT2D eigenvalue weighted by molar-refractivity contribution is 8.00. The van der Waals surface area contributed by atoms with E-state index in [-0.39, 0.29) is 29.0 Å². The summed E-state index contributed by atoms with van der Waals surface area (Å²) in [4.78, 5) is 35.8. The number of allylic oxidation sites excluding steroid dienone is 1. The zero-order valence-corrected chi connectivity index (χ0v) is 13.8. The molecule has 120 valence electrons. The van der Waals surface area contributed by atoms with E-state index in [1.165, 1.54) is 23.6 Å². The number of hydrogen-bond donors (Lipinski definition) is 0. The summed E-state index contributed by atoms with van der Waals surface area (Å²) in [5.41, 5.74) is 0.671. The molecule has 0 aromatic rings. The summed E-state index contributed by atoms with van der Waals surface area (Å²) in [6.45, 7) is 7.04. The maximum absolute atomic E-state index is 12.3.